The van der Waals surface area contributed by atoms with Gasteiger partial charge in [-0.05, 0) is 0 Å². The molecule has 0 unspecified atom stereocenters. The third-order valence-electron chi connectivity index (χ3n) is 5.82. The minimum Gasteiger partial charge on any atom is -0.480 e. The molecule has 0 aromatic heterocycles. The number of ketones is 1. The molecule has 0 atom stereocenters. The van der Waals surface area contributed by atoms with Gasteiger partial charge in [0, 0.05) is 44.7 Å². The Morgan fingerprint density at radius 1 is 0.688 bits per heavy atom. The van der Waals surface area contributed by atoms with Crippen LogP contribution >= 0.6 is 0 Å². The Morgan fingerprint density at radius 3 is 1.28 bits per heavy atom. The molecule has 0 amide bonds. The van der Waals surface area contributed by atoms with E-state index in [4.69, 9.17) is 0 Å². The molecule has 3 N–H and O–H groups in total. The van der Waals surface area contributed by atoms with Crippen molar-refractivity contribution in [2.24, 2.45) is 5.41 Å². The molecule has 11 heteroatoms. The van der Waals surface area contributed by atoms with Crippen molar-refractivity contribution >= 4 is 23.7 Å². The minimum atomic E-state index is -0.989. The highest BCUT2D eigenvalue weighted by Gasteiger charge is 2.33. The SMILES string of the molecule is CC(C)(C)C(=O)C[N+]1(C)CCN(CC(=O)O)CCN(CC(=O)O)CCN(CC(=O)O)CC1. The lowest BCUT2D eigenvalue weighted by molar-refractivity contribution is -0.901. The number of hydrogen-bond acceptors (Lipinski definition) is 7. The first kappa shape index (κ1) is 28.0. The quantitative estimate of drug-likeness (QED) is 0.396. The van der Waals surface area contributed by atoms with Crippen LogP contribution in [0.3, 0.4) is 0 Å². The molecule has 0 aromatic carbocycles. The molecule has 32 heavy (non-hydrogen) atoms. The summed E-state index contributed by atoms with van der Waals surface area (Å²) in [6, 6.07) is 0. The number of carboxylic acid groups (broad SMARTS) is 3. The zero-order valence-corrected chi connectivity index (χ0v) is 19.7. The van der Waals surface area contributed by atoms with Crippen molar-refractivity contribution in [3.8, 4) is 0 Å². The smallest absolute Gasteiger partial charge is 0.317 e. The lowest BCUT2D eigenvalue weighted by atomic mass is 9.90. The van der Waals surface area contributed by atoms with Gasteiger partial charge in [-0.1, -0.05) is 20.8 Å². The lowest BCUT2D eigenvalue weighted by Crippen LogP contribution is -2.57. The van der Waals surface area contributed by atoms with Crippen LogP contribution in [0.1, 0.15) is 20.8 Å². The molecular weight excluding hydrogens is 420 g/mol. The number of Topliss-reactive ketones (excluding diaryl/α,β-unsaturated/α-hetero) is 1. The van der Waals surface area contributed by atoms with E-state index >= 15 is 0 Å². The van der Waals surface area contributed by atoms with Gasteiger partial charge >= 0.3 is 17.9 Å². The molecule has 1 saturated heterocycles. The number of carbonyl (C=O) groups excluding carboxylic acids is 1. The largest absolute Gasteiger partial charge is 0.480 e. The van der Waals surface area contributed by atoms with Crippen molar-refractivity contribution in [1.82, 2.24) is 14.7 Å². The molecule has 0 radical (unpaired) electrons. The molecule has 0 saturated carbocycles. The topological polar surface area (TPSA) is 139 Å². The maximum atomic E-state index is 12.8. The van der Waals surface area contributed by atoms with Crippen molar-refractivity contribution in [3.05, 3.63) is 0 Å². The van der Waals surface area contributed by atoms with E-state index in [-0.39, 0.29) is 32.0 Å². The predicted molar refractivity (Wildman–Crippen MR) is 117 cm³/mol. The van der Waals surface area contributed by atoms with Crippen LogP contribution in [0.4, 0.5) is 0 Å². The van der Waals surface area contributed by atoms with Crippen LogP contribution in [0, 0.1) is 5.41 Å². The van der Waals surface area contributed by atoms with Gasteiger partial charge in [0.15, 0.2) is 5.78 Å². The van der Waals surface area contributed by atoms with Crippen molar-refractivity contribution < 1.29 is 39.0 Å². The molecule has 184 valence electrons. The zero-order chi connectivity index (χ0) is 24.5. The van der Waals surface area contributed by atoms with E-state index < -0.39 is 23.3 Å². The molecule has 1 fully saturated rings. The van der Waals surface area contributed by atoms with Gasteiger partial charge in [0.05, 0.1) is 39.8 Å². The van der Waals surface area contributed by atoms with E-state index in [0.717, 1.165) is 0 Å². The van der Waals surface area contributed by atoms with E-state index in [9.17, 15) is 34.5 Å². The van der Waals surface area contributed by atoms with Crippen LogP contribution in [-0.2, 0) is 19.2 Å². The third kappa shape index (κ3) is 11.0. The highest BCUT2D eigenvalue weighted by Crippen LogP contribution is 2.18. The van der Waals surface area contributed by atoms with Crippen LogP contribution in [0.15, 0.2) is 0 Å². The van der Waals surface area contributed by atoms with E-state index in [2.05, 4.69) is 0 Å². The van der Waals surface area contributed by atoms with Gasteiger partial charge in [0.25, 0.3) is 0 Å². The average Bonchev–Trinajstić information content (AvgIpc) is 2.63. The van der Waals surface area contributed by atoms with E-state index in [1.54, 1.807) is 14.7 Å². The summed E-state index contributed by atoms with van der Waals surface area (Å²) in [5.41, 5.74) is -0.510. The lowest BCUT2D eigenvalue weighted by Gasteiger charge is -2.39. The molecule has 0 bridgehead atoms. The number of hydrogen-bond donors (Lipinski definition) is 3. The summed E-state index contributed by atoms with van der Waals surface area (Å²) < 4.78 is 0.376. The molecule has 1 aliphatic rings. The van der Waals surface area contributed by atoms with Crippen molar-refractivity contribution in [2.75, 3.05) is 85.6 Å². The molecule has 0 aromatic rings. The summed E-state index contributed by atoms with van der Waals surface area (Å²) in [4.78, 5) is 52.0. The van der Waals surface area contributed by atoms with Crippen LogP contribution in [0.25, 0.3) is 0 Å². The van der Waals surface area contributed by atoms with E-state index in [1.165, 1.54) is 0 Å². The third-order valence-corrected chi connectivity index (χ3v) is 5.82. The summed E-state index contributed by atoms with van der Waals surface area (Å²) in [5, 5.41) is 27.8. The first-order valence-electron chi connectivity index (χ1n) is 10.9. The fraction of sp³-hybridized carbons (Fsp3) is 0.810. The van der Waals surface area contributed by atoms with E-state index in [1.807, 2.05) is 27.8 Å². The number of quaternary nitrogens is 1. The number of rotatable bonds is 8. The number of likely N-dealkylation sites (N-methyl/N-ethyl adjacent to an activating group) is 1. The van der Waals surface area contributed by atoms with Gasteiger partial charge in [-0.15, -0.1) is 0 Å². The Balaban J connectivity index is 3.11. The molecule has 0 spiro atoms. The normalized spacial score (nSPS) is 20.1. The average molecular weight is 460 g/mol. The highest BCUT2D eigenvalue weighted by molar-refractivity contribution is 5.84. The van der Waals surface area contributed by atoms with Crippen LogP contribution < -0.4 is 0 Å². The number of carboxylic acids is 3. The number of aliphatic carboxylic acids is 3. The van der Waals surface area contributed by atoms with Crippen molar-refractivity contribution in [3.63, 3.8) is 0 Å². The molecule has 1 rings (SSSR count). The molecule has 1 aliphatic heterocycles. The zero-order valence-electron chi connectivity index (χ0n) is 19.7. The number of nitrogens with zero attached hydrogens (tertiary/aromatic N) is 4. The molecule has 11 nitrogen and oxygen atoms in total. The number of carbonyl (C=O) groups is 4. The summed E-state index contributed by atoms with van der Waals surface area (Å²) in [7, 11) is 1.95. The maximum absolute atomic E-state index is 12.8. The summed E-state index contributed by atoms with van der Waals surface area (Å²) in [5.74, 6) is -2.82. The van der Waals surface area contributed by atoms with Gasteiger partial charge in [0.1, 0.15) is 6.54 Å². The summed E-state index contributed by atoms with van der Waals surface area (Å²) >= 11 is 0. The predicted octanol–water partition coefficient (Wildman–Crippen LogP) is -0.778. The van der Waals surface area contributed by atoms with Crippen molar-refractivity contribution in [2.45, 2.75) is 20.8 Å². The maximum Gasteiger partial charge on any atom is 0.317 e. The second-order valence-corrected chi connectivity index (χ2v) is 9.91. The standard InChI is InChI=1S/C21H38N4O7/c1-21(2,3)17(26)16-25(4)11-9-23(14-19(29)30)7-5-22(13-18(27)28)6-8-24(10-12-25)15-20(31)32/h5-16H2,1-4H3,(H2-,27,28,29,30,31,32)/p+1. The van der Waals surface area contributed by atoms with Crippen molar-refractivity contribution in [1.29, 1.82) is 0 Å². The Hall–Kier alpha value is -2.08. The van der Waals surface area contributed by atoms with E-state index in [0.29, 0.717) is 56.8 Å². The Labute approximate surface area is 189 Å². The van der Waals surface area contributed by atoms with Crippen LogP contribution in [0.2, 0.25) is 0 Å². The Kier molecular flexibility index (Phi) is 10.7. The monoisotopic (exact) mass is 459 g/mol. The second kappa shape index (κ2) is 12.2. The Bertz CT molecular complexity index is 646. The van der Waals surface area contributed by atoms with Gasteiger partial charge in [0.2, 0.25) is 0 Å². The molecular formula is C21H39N4O7+. The summed E-state index contributed by atoms with van der Waals surface area (Å²) in [6.07, 6.45) is 0. The second-order valence-electron chi connectivity index (χ2n) is 9.91. The van der Waals surface area contributed by atoms with Crippen LogP contribution in [0.5, 0.6) is 0 Å². The Morgan fingerprint density at radius 2 is 1.00 bits per heavy atom. The van der Waals surface area contributed by atoms with Gasteiger partial charge in [-0.25, -0.2) is 0 Å². The first-order chi connectivity index (χ1) is 14.7. The summed E-state index contributed by atoms with van der Waals surface area (Å²) in [6.45, 7) is 8.68. The minimum absolute atomic E-state index is 0.0919. The van der Waals surface area contributed by atoms with Gasteiger partial charge in [-0.2, -0.15) is 0 Å². The highest BCUT2D eigenvalue weighted by atomic mass is 16.4. The van der Waals surface area contributed by atoms with Gasteiger partial charge < -0.3 is 19.8 Å². The molecule has 0 aliphatic carbocycles. The van der Waals surface area contributed by atoms with Gasteiger partial charge in [-0.3, -0.25) is 33.9 Å². The van der Waals surface area contributed by atoms with Crippen LogP contribution in [-0.4, -0.2) is 144 Å². The first-order valence-corrected chi connectivity index (χ1v) is 10.9. The fourth-order valence-corrected chi connectivity index (χ4v) is 3.57. The fourth-order valence-electron chi connectivity index (χ4n) is 3.57. The molecule has 1 heterocycles.